The third-order valence-corrected chi connectivity index (χ3v) is 4.34. The van der Waals surface area contributed by atoms with Crippen molar-refractivity contribution in [2.75, 3.05) is 5.32 Å². The Morgan fingerprint density at radius 1 is 0.929 bits per heavy atom. The van der Waals surface area contributed by atoms with Gasteiger partial charge in [-0.3, -0.25) is 9.48 Å². The number of anilines is 1. The summed E-state index contributed by atoms with van der Waals surface area (Å²) in [7, 11) is 0. The maximum absolute atomic E-state index is 12.9. The molecule has 0 spiro atoms. The molecule has 3 aromatic carbocycles. The number of aromatic hydroxyl groups is 1. The van der Waals surface area contributed by atoms with Crippen LogP contribution in [0, 0.1) is 0 Å². The van der Waals surface area contributed by atoms with E-state index in [1.165, 1.54) is 6.07 Å². The van der Waals surface area contributed by atoms with E-state index in [-0.39, 0.29) is 11.7 Å². The molecule has 0 fully saturated rings. The summed E-state index contributed by atoms with van der Waals surface area (Å²) in [5.74, 6) is -0.176. The maximum atomic E-state index is 12.9. The molecule has 28 heavy (non-hydrogen) atoms. The van der Waals surface area contributed by atoms with E-state index in [4.69, 9.17) is 0 Å². The van der Waals surface area contributed by atoms with Gasteiger partial charge in [-0.15, -0.1) is 0 Å². The normalized spacial score (nSPS) is 10.6. The van der Waals surface area contributed by atoms with Crippen molar-refractivity contribution < 1.29 is 9.90 Å². The van der Waals surface area contributed by atoms with Crippen LogP contribution in [-0.2, 0) is 6.54 Å². The number of phenols is 1. The third-order valence-electron chi connectivity index (χ3n) is 4.34. The van der Waals surface area contributed by atoms with E-state index < -0.39 is 0 Å². The average Bonchev–Trinajstić information content (AvgIpc) is 3.13. The number of rotatable bonds is 5. The van der Waals surface area contributed by atoms with E-state index in [2.05, 4.69) is 10.4 Å². The molecule has 0 aliphatic carbocycles. The average molecular weight is 369 g/mol. The van der Waals surface area contributed by atoms with Gasteiger partial charge in [-0.2, -0.15) is 5.10 Å². The first-order valence-electron chi connectivity index (χ1n) is 8.96. The van der Waals surface area contributed by atoms with Gasteiger partial charge < -0.3 is 10.4 Å². The fraction of sp³-hybridized carbons (Fsp3) is 0.0435. The molecule has 5 nitrogen and oxygen atoms in total. The first kappa shape index (κ1) is 17.5. The standard InChI is InChI=1S/C23H19N3O2/c27-20-13-7-12-19(14-20)24-23(28)21-16-26(15-17-8-3-1-4-9-17)25-22(21)18-10-5-2-6-11-18/h1-14,16,27H,15H2,(H,24,28). The zero-order valence-corrected chi connectivity index (χ0v) is 15.1. The Balaban J connectivity index is 1.68. The van der Waals surface area contributed by atoms with Crippen LogP contribution in [0.1, 0.15) is 15.9 Å². The van der Waals surface area contributed by atoms with Gasteiger partial charge in [-0.1, -0.05) is 66.7 Å². The molecule has 2 N–H and O–H groups in total. The second-order valence-corrected chi connectivity index (χ2v) is 6.45. The molecule has 0 radical (unpaired) electrons. The lowest BCUT2D eigenvalue weighted by atomic mass is 10.1. The van der Waals surface area contributed by atoms with Crippen molar-refractivity contribution in [3.05, 3.63) is 102 Å². The highest BCUT2D eigenvalue weighted by atomic mass is 16.3. The summed E-state index contributed by atoms with van der Waals surface area (Å²) in [6, 6.07) is 26.1. The molecule has 5 heteroatoms. The van der Waals surface area contributed by atoms with Crippen molar-refractivity contribution in [1.29, 1.82) is 0 Å². The van der Waals surface area contributed by atoms with Crippen LogP contribution < -0.4 is 5.32 Å². The molecule has 0 aliphatic heterocycles. The number of amides is 1. The summed E-state index contributed by atoms with van der Waals surface area (Å²) >= 11 is 0. The molecular formula is C23H19N3O2. The SMILES string of the molecule is O=C(Nc1cccc(O)c1)c1cn(Cc2ccccc2)nc1-c1ccccc1. The van der Waals surface area contributed by atoms with Gasteiger partial charge >= 0.3 is 0 Å². The van der Waals surface area contributed by atoms with Gasteiger partial charge in [0.2, 0.25) is 0 Å². The van der Waals surface area contributed by atoms with Gasteiger partial charge in [-0.25, -0.2) is 0 Å². The summed E-state index contributed by atoms with van der Waals surface area (Å²) in [5.41, 5.74) is 3.60. The summed E-state index contributed by atoms with van der Waals surface area (Å²) in [4.78, 5) is 12.9. The number of nitrogens with zero attached hydrogens (tertiary/aromatic N) is 2. The van der Waals surface area contributed by atoms with Crippen LogP contribution >= 0.6 is 0 Å². The molecule has 1 heterocycles. The molecular weight excluding hydrogens is 350 g/mol. The predicted octanol–water partition coefficient (Wildman–Crippen LogP) is 4.56. The number of benzene rings is 3. The van der Waals surface area contributed by atoms with Gasteiger partial charge in [0.1, 0.15) is 11.4 Å². The molecule has 138 valence electrons. The molecule has 0 saturated heterocycles. The van der Waals surface area contributed by atoms with Crippen LogP contribution in [0.25, 0.3) is 11.3 Å². The molecule has 1 amide bonds. The highest BCUT2D eigenvalue weighted by Gasteiger charge is 2.18. The van der Waals surface area contributed by atoms with Crippen LogP contribution in [0.4, 0.5) is 5.69 Å². The minimum Gasteiger partial charge on any atom is -0.508 e. The fourth-order valence-electron chi connectivity index (χ4n) is 3.03. The molecule has 4 aromatic rings. The summed E-state index contributed by atoms with van der Waals surface area (Å²) < 4.78 is 1.77. The van der Waals surface area contributed by atoms with Crippen molar-refractivity contribution in [3.8, 4) is 17.0 Å². The van der Waals surface area contributed by atoms with Crippen LogP contribution in [0.2, 0.25) is 0 Å². The largest absolute Gasteiger partial charge is 0.508 e. The predicted molar refractivity (Wildman–Crippen MR) is 109 cm³/mol. The van der Waals surface area contributed by atoms with Crippen LogP contribution in [-0.4, -0.2) is 20.8 Å². The molecule has 1 aromatic heterocycles. The molecule has 0 aliphatic rings. The lowest BCUT2D eigenvalue weighted by Gasteiger charge is -2.05. The van der Waals surface area contributed by atoms with Gasteiger partial charge in [0, 0.05) is 23.5 Å². The number of carbonyl (C=O) groups excluding carboxylic acids is 1. The minimum absolute atomic E-state index is 0.0980. The minimum atomic E-state index is -0.274. The van der Waals surface area contributed by atoms with Gasteiger partial charge in [0.15, 0.2) is 0 Å². The smallest absolute Gasteiger partial charge is 0.259 e. The summed E-state index contributed by atoms with van der Waals surface area (Å²) in [6.45, 7) is 0.570. The van der Waals surface area contributed by atoms with Crippen molar-refractivity contribution in [3.63, 3.8) is 0 Å². The highest BCUT2D eigenvalue weighted by molar-refractivity contribution is 6.08. The third kappa shape index (κ3) is 3.94. The molecule has 0 atom stereocenters. The second-order valence-electron chi connectivity index (χ2n) is 6.45. The van der Waals surface area contributed by atoms with E-state index in [1.54, 1.807) is 29.1 Å². The van der Waals surface area contributed by atoms with Gasteiger partial charge in [-0.05, 0) is 17.7 Å². The van der Waals surface area contributed by atoms with Crippen LogP contribution in [0.5, 0.6) is 5.75 Å². The Morgan fingerprint density at radius 2 is 1.64 bits per heavy atom. The van der Waals surface area contributed by atoms with E-state index in [1.807, 2.05) is 60.7 Å². The Hall–Kier alpha value is -3.86. The number of nitrogens with one attached hydrogen (secondary N) is 1. The lowest BCUT2D eigenvalue weighted by Crippen LogP contribution is -2.12. The summed E-state index contributed by atoms with van der Waals surface area (Å²) in [5, 5.41) is 17.1. The van der Waals surface area contributed by atoms with Crippen molar-refractivity contribution in [2.45, 2.75) is 6.54 Å². The maximum Gasteiger partial charge on any atom is 0.259 e. The van der Waals surface area contributed by atoms with Gasteiger partial charge in [0.05, 0.1) is 12.1 Å². The van der Waals surface area contributed by atoms with Crippen molar-refractivity contribution in [2.24, 2.45) is 0 Å². The first-order valence-corrected chi connectivity index (χ1v) is 8.96. The van der Waals surface area contributed by atoms with Gasteiger partial charge in [0.25, 0.3) is 5.91 Å². The van der Waals surface area contributed by atoms with Crippen molar-refractivity contribution in [1.82, 2.24) is 9.78 Å². The fourth-order valence-corrected chi connectivity index (χ4v) is 3.03. The zero-order valence-electron chi connectivity index (χ0n) is 15.1. The second kappa shape index (κ2) is 7.80. The Bertz CT molecular complexity index is 1090. The number of hydrogen-bond donors (Lipinski definition) is 2. The molecule has 0 saturated carbocycles. The first-order chi connectivity index (χ1) is 13.7. The molecule has 0 bridgehead atoms. The summed E-state index contributed by atoms with van der Waals surface area (Å²) in [6.07, 6.45) is 1.76. The van der Waals surface area contributed by atoms with Crippen LogP contribution in [0.3, 0.4) is 0 Å². The number of phenolic OH excluding ortho intramolecular Hbond substituents is 1. The van der Waals surface area contributed by atoms with Crippen molar-refractivity contribution >= 4 is 11.6 Å². The monoisotopic (exact) mass is 369 g/mol. The topological polar surface area (TPSA) is 67.2 Å². The van der Waals surface area contributed by atoms with E-state index in [0.29, 0.717) is 23.5 Å². The Kier molecular flexibility index (Phi) is 4.89. The zero-order chi connectivity index (χ0) is 19.3. The van der Waals surface area contributed by atoms with E-state index >= 15 is 0 Å². The quantitative estimate of drug-likeness (QED) is 0.542. The lowest BCUT2D eigenvalue weighted by molar-refractivity contribution is 0.102. The highest BCUT2D eigenvalue weighted by Crippen LogP contribution is 2.24. The number of aromatic nitrogens is 2. The molecule has 0 unspecified atom stereocenters. The number of hydrogen-bond acceptors (Lipinski definition) is 3. The Labute approximate surface area is 162 Å². The van der Waals surface area contributed by atoms with Crippen LogP contribution in [0.15, 0.2) is 91.1 Å². The Morgan fingerprint density at radius 3 is 2.36 bits per heavy atom. The van der Waals surface area contributed by atoms with E-state index in [9.17, 15) is 9.90 Å². The number of carbonyl (C=O) groups is 1. The molecule has 4 rings (SSSR count). The van der Waals surface area contributed by atoms with E-state index in [0.717, 1.165) is 11.1 Å².